The molecular weight excluding hydrogens is 466 g/mol. The van der Waals surface area contributed by atoms with E-state index in [2.05, 4.69) is 37.0 Å². The zero-order valence-corrected chi connectivity index (χ0v) is 17.2. The largest absolute Gasteiger partial charge is 0.489 e. The first-order valence-corrected chi connectivity index (χ1v) is 9.37. The van der Waals surface area contributed by atoms with Crippen molar-refractivity contribution >= 4 is 49.6 Å². The summed E-state index contributed by atoms with van der Waals surface area (Å²) in [5.74, 6) is -0.478. The average molecular weight is 483 g/mol. The number of nitrogens with zero attached hydrogens (tertiary/aromatic N) is 1. The highest BCUT2D eigenvalue weighted by molar-refractivity contribution is 9.28. The molecule has 136 valence electrons. The molecule has 5 nitrogen and oxygen atoms in total. The number of ether oxygens (including phenoxy) is 1. The van der Waals surface area contributed by atoms with Gasteiger partial charge in [-0.05, 0) is 68.1 Å². The van der Waals surface area contributed by atoms with E-state index in [1.54, 1.807) is 25.1 Å². The highest BCUT2D eigenvalue weighted by atomic mass is 79.9. The van der Waals surface area contributed by atoms with Gasteiger partial charge < -0.3 is 14.7 Å². The Labute approximate surface area is 168 Å². The lowest BCUT2D eigenvalue weighted by Gasteiger charge is -2.11. The van der Waals surface area contributed by atoms with Gasteiger partial charge in [-0.15, -0.1) is 0 Å². The zero-order valence-electron chi connectivity index (χ0n) is 14.0. The number of hydrogen-bond donors (Lipinski definition) is 1. The van der Waals surface area contributed by atoms with Crippen LogP contribution in [0, 0.1) is 0 Å². The standard InChI is InChI=1S/C19H17Br2NO4/c1-2-26-22-18(19(23)24)16-9-4-3-7-14(16)12-25-15-8-5-6-13(10-15)11-17(20)21/h3-11H,2,12H2,1H3,(H,23,24). The first kappa shape index (κ1) is 20.2. The number of aliphatic carboxylic acids is 1. The SMILES string of the molecule is CCON=C(C(=O)O)c1ccccc1COc1cccc(C=C(Br)Br)c1. The topological polar surface area (TPSA) is 68.1 Å². The molecule has 0 heterocycles. The molecule has 0 bridgehead atoms. The normalized spacial score (nSPS) is 11.0. The van der Waals surface area contributed by atoms with Crippen LogP contribution in [0.2, 0.25) is 0 Å². The summed E-state index contributed by atoms with van der Waals surface area (Å²) in [6.45, 7) is 2.24. The number of carboxylic acid groups (broad SMARTS) is 1. The molecule has 0 fully saturated rings. The smallest absolute Gasteiger partial charge is 0.358 e. The Morgan fingerprint density at radius 2 is 1.96 bits per heavy atom. The molecule has 2 rings (SSSR count). The van der Waals surface area contributed by atoms with Crippen LogP contribution in [0.5, 0.6) is 5.75 Å². The predicted molar refractivity (Wildman–Crippen MR) is 109 cm³/mol. The summed E-state index contributed by atoms with van der Waals surface area (Å²) >= 11 is 6.65. The predicted octanol–water partition coefficient (Wildman–Crippen LogP) is 5.18. The van der Waals surface area contributed by atoms with Crippen molar-refractivity contribution in [3.63, 3.8) is 0 Å². The highest BCUT2D eigenvalue weighted by Gasteiger charge is 2.17. The summed E-state index contributed by atoms with van der Waals surface area (Å²) in [4.78, 5) is 16.4. The number of benzene rings is 2. The second kappa shape index (κ2) is 10.1. The molecule has 0 saturated carbocycles. The molecule has 2 aromatic carbocycles. The number of rotatable bonds is 8. The fourth-order valence-corrected chi connectivity index (χ4v) is 2.72. The summed E-state index contributed by atoms with van der Waals surface area (Å²) < 4.78 is 6.67. The van der Waals surface area contributed by atoms with Crippen molar-refractivity contribution in [1.82, 2.24) is 0 Å². The maximum atomic E-state index is 11.5. The number of halogens is 2. The van der Waals surface area contributed by atoms with Crippen LogP contribution in [-0.2, 0) is 16.2 Å². The van der Waals surface area contributed by atoms with E-state index in [0.717, 1.165) is 8.96 Å². The van der Waals surface area contributed by atoms with E-state index in [9.17, 15) is 9.90 Å². The molecule has 0 amide bonds. The Bertz CT molecular complexity index is 830. The minimum atomic E-state index is -1.15. The molecular formula is C19H17Br2NO4. The Morgan fingerprint density at radius 1 is 1.19 bits per heavy atom. The van der Waals surface area contributed by atoms with E-state index in [-0.39, 0.29) is 12.3 Å². The molecule has 0 aromatic heterocycles. The average Bonchev–Trinajstić information content (AvgIpc) is 2.60. The maximum Gasteiger partial charge on any atom is 0.358 e. The Hall–Kier alpha value is -2.12. The molecule has 26 heavy (non-hydrogen) atoms. The van der Waals surface area contributed by atoms with Gasteiger partial charge in [0.1, 0.15) is 19.0 Å². The number of carboxylic acids is 1. The van der Waals surface area contributed by atoms with Crippen molar-refractivity contribution in [3.8, 4) is 5.75 Å². The minimum Gasteiger partial charge on any atom is -0.489 e. The minimum absolute atomic E-state index is 0.147. The second-order valence-electron chi connectivity index (χ2n) is 5.12. The molecule has 0 spiro atoms. The van der Waals surface area contributed by atoms with Crippen molar-refractivity contribution in [3.05, 3.63) is 68.6 Å². The molecule has 0 atom stereocenters. The van der Waals surface area contributed by atoms with Crippen LogP contribution < -0.4 is 4.74 Å². The number of carbonyl (C=O) groups is 1. The molecule has 7 heteroatoms. The second-order valence-corrected chi connectivity index (χ2v) is 7.89. The molecule has 0 aliphatic rings. The van der Waals surface area contributed by atoms with Gasteiger partial charge in [0.25, 0.3) is 0 Å². The summed E-state index contributed by atoms with van der Waals surface area (Å²) in [6.07, 6.45) is 1.90. The molecule has 2 aromatic rings. The molecule has 0 aliphatic carbocycles. The van der Waals surface area contributed by atoms with E-state index in [1.165, 1.54) is 0 Å². The van der Waals surface area contributed by atoms with Gasteiger partial charge in [0, 0.05) is 5.56 Å². The highest BCUT2D eigenvalue weighted by Crippen LogP contribution is 2.22. The van der Waals surface area contributed by atoms with Crippen LogP contribution >= 0.6 is 31.9 Å². The summed E-state index contributed by atoms with van der Waals surface area (Å²) in [5.41, 5.74) is 1.98. The van der Waals surface area contributed by atoms with Gasteiger partial charge in [-0.3, -0.25) is 0 Å². The van der Waals surface area contributed by atoms with Crippen LogP contribution in [-0.4, -0.2) is 23.4 Å². The lowest BCUT2D eigenvalue weighted by Crippen LogP contribution is -2.18. The van der Waals surface area contributed by atoms with E-state index < -0.39 is 5.97 Å². The fourth-order valence-electron chi connectivity index (χ4n) is 2.19. The zero-order chi connectivity index (χ0) is 18.9. The van der Waals surface area contributed by atoms with Crippen LogP contribution in [0.3, 0.4) is 0 Å². The van der Waals surface area contributed by atoms with Gasteiger partial charge in [-0.2, -0.15) is 0 Å². The fraction of sp³-hybridized carbons (Fsp3) is 0.158. The molecule has 1 N–H and O–H groups in total. The lowest BCUT2D eigenvalue weighted by molar-refractivity contribution is -0.129. The van der Waals surface area contributed by atoms with Crippen molar-refractivity contribution in [2.24, 2.45) is 5.16 Å². The summed E-state index contributed by atoms with van der Waals surface area (Å²) in [6, 6.07) is 14.6. The quantitative estimate of drug-likeness (QED) is 0.415. The van der Waals surface area contributed by atoms with Crippen molar-refractivity contribution in [2.75, 3.05) is 6.61 Å². The summed E-state index contributed by atoms with van der Waals surface area (Å²) in [5, 5.41) is 13.1. The van der Waals surface area contributed by atoms with Gasteiger partial charge >= 0.3 is 5.97 Å². The van der Waals surface area contributed by atoms with Crippen molar-refractivity contribution < 1.29 is 19.5 Å². The van der Waals surface area contributed by atoms with Crippen LogP contribution in [0.15, 0.2) is 57.1 Å². The third kappa shape index (κ3) is 6.00. The van der Waals surface area contributed by atoms with Crippen LogP contribution in [0.4, 0.5) is 0 Å². The van der Waals surface area contributed by atoms with Crippen molar-refractivity contribution in [1.29, 1.82) is 0 Å². The Kier molecular flexibility index (Phi) is 7.87. The van der Waals surface area contributed by atoms with Gasteiger partial charge in [0.05, 0.1) is 3.39 Å². The third-order valence-electron chi connectivity index (χ3n) is 3.29. The first-order valence-electron chi connectivity index (χ1n) is 7.78. The third-order valence-corrected chi connectivity index (χ3v) is 3.75. The van der Waals surface area contributed by atoms with Gasteiger partial charge in [-0.25, -0.2) is 4.79 Å². The monoisotopic (exact) mass is 481 g/mol. The number of hydrogen-bond acceptors (Lipinski definition) is 4. The Morgan fingerprint density at radius 3 is 2.65 bits per heavy atom. The molecule has 0 saturated heterocycles. The van der Waals surface area contributed by atoms with Gasteiger partial charge in [0.2, 0.25) is 0 Å². The number of oxime groups is 1. The maximum absolute atomic E-state index is 11.5. The van der Waals surface area contributed by atoms with E-state index in [0.29, 0.717) is 23.5 Å². The van der Waals surface area contributed by atoms with E-state index in [4.69, 9.17) is 9.57 Å². The first-order chi connectivity index (χ1) is 12.5. The van der Waals surface area contributed by atoms with E-state index in [1.807, 2.05) is 36.4 Å². The molecule has 0 unspecified atom stereocenters. The van der Waals surface area contributed by atoms with Gasteiger partial charge in [-0.1, -0.05) is 41.6 Å². The van der Waals surface area contributed by atoms with Crippen molar-refractivity contribution in [2.45, 2.75) is 13.5 Å². The summed E-state index contributed by atoms with van der Waals surface area (Å²) in [7, 11) is 0. The van der Waals surface area contributed by atoms with Gasteiger partial charge in [0.15, 0.2) is 5.71 Å². The molecule has 0 radical (unpaired) electrons. The van der Waals surface area contributed by atoms with Crippen LogP contribution in [0.1, 0.15) is 23.6 Å². The van der Waals surface area contributed by atoms with E-state index >= 15 is 0 Å². The van der Waals surface area contributed by atoms with Crippen LogP contribution in [0.25, 0.3) is 6.08 Å². The lowest BCUT2D eigenvalue weighted by atomic mass is 10.0. The Balaban J connectivity index is 2.23. The molecule has 0 aliphatic heterocycles.